The number of hydrogen-bond acceptors (Lipinski definition) is 2. The number of aromatic nitrogens is 2. The summed E-state index contributed by atoms with van der Waals surface area (Å²) in [4.78, 5) is 23.1. The van der Waals surface area contributed by atoms with E-state index in [9.17, 15) is 4.79 Å². The van der Waals surface area contributed by atoms with Crippen molar-refractivity contribution in [2.75, 3.05) is 0 Å². The maximum Gasteiger partial charge on any atom is 0.227 e. The maximum atomic E-state index is 13.5. The van der Waals surface area contributed by atoms with Crippen LogP contribution in [0.5, 0.6) is 0 Å². The lowest BCUT2D eigenvalue weighted by Crippen LogP contribution is -2.37. The summed E-state index contributed by atoms with van der Waals surface area (Å²) in [6.45, 7) is 6.83. The number of nitrogens with one attached hydrogen (secondary N) is 1. The van der Waals surface area contributed by atoms with E-state index in [0.29, 0.717) is 13.0 Å². The van der Waals surface area contributed by atoms with Crippen molar-refractivity contribution in [2.45, 2.75) is 39.8 Å². The molecule has 2 aromatic carbocycles. The Morgan fingerprint density at radius 2 is 1.73 bits per heavy atom. The fourth-order valence-electron chi connectivity index (χ4n) is 4.03. The number of aryl methyl sites for hydroxylation is 1. The molecule has 4 aromatic rings. The molecule has 0 unspecified atom stereocenters. The zero-order chi connectivity index (χ0) is 21.1. The fraction of sp³-hybridized carbons (Fsp3) is 0.231. The average molecular weight is 398 g/mol. The molecule has 2 heterocycles. The van der Waals surface area contributed by atoms with Gasteiger partial charge in [-0.25, -0.2) is 0 Å². The molecule has 1 amide bonds. The Balaban J connectivity index is 1.74. The van der Waals surface area contributed by atoms with Gasteiger partial charge in [0.05, 0.1) is 12.1 Å². The largest absolute Gasteiger partial charge is 0.354 e. The predicted octanol–water partition coefficient (Wildman–Crippen LogP) is 5.52. The SMILES string of the molecule is Cc1cccc2[nH]c(-c3ccccc3)c(CC(=O)N(Cc3ccncc3)C(C)C)c12. The van der Waals surface area contributed by atoms with Crippen LogP contribution in [0.3, 0.4) is 0 Å². The summed E-state index contributed by atoms with van der Waals surface area (Å²) in [6, 6.07) is 20.5. The van der Waals surface area contributed by atoms with Gasteiger partial charge in [-0.3, -0.25) is 9.78 Å². The van der Waals surface area contributed by atoms with Gasteiger partial charge < -0.3 is 9.88 Å². The van der Waals surface area contributed by atoms with E-state index in [4.69, 9.17) is 0 Å². The Morgan fingerprint density at radius 3 is 2.43 bits per heavy atom. The molecule has 0 spiro atoms. The Labute approximate surface area is 177 Å². The van der Waals surface area contributed by atoms with Crippen LogP contribution in [0.2, 0.25) is 0 Å². The second-order valence-electron chi connectivity index (χ2n) is 7.99. The Morgan fingerprint density at radius 1 is 1.00 bits per heavy atom. The van der Waals surface area contributed by atoms with Gasteiger partial charge >= 0.3 is 0 Å². The summed E-state index contributed by atoms with van der Waals surface area (Å²) in [7, 11) is 0. The minimum atomic E-state index is 0.108. The van der Waals surface area contributed by atoms with Crippen LogP contribution in [-0.2, 0) is 17.8 Å². The molecule has 4 nitrogen and oxygen atoms in total. The third-order valence-corrected chi connectivity index (χ3v) is 5.57. The van der Waals surface area contributed by atoms with Crippen molar-refractivity contribution in [3.8, 4) is 11.3 Å². The summed E-state index contributed by atoms with van der Waals surface area (Å²) in [6.07, 6.45) is 3.90. The van der Waals surface area contributed by atoms with Crippen LogP contribution < -0.4 is 0 Å². The number of pyridine rings is 1. The molecule has 1 N–H and O–H groups in total. The number of aromatic amines is 1. The summed E-state index contributed by atoms with van der Waals surface area (Å²) in [5, 5.41) is 1.15. The monoisotopic (exact) mass is 397 g/mol. The van der Waals surface area contributed by atoms with Gasteiger partial charge in [-0.15, -0.1) is 0 Å². The molecule has 0 fully saturated rings. The smallest absolute Gasteiger partial charge is 0.227 e. The van der Waals surface area contributed by atoms with Gasteiger partial charge in [-0.1, -0.05) is 42.5 Å². The zero-order valence-electron chi connectivity index (χ0n) is 17.7. The van der Waals surface area contributed by atoms with Crippen LogP contribution in [0, 0.1) is 6.92 Å². The molecule has 0 saturated carbocycles. The van der Waals surface area contributed by atoms with E-state index in [2.05, 4.69) is 61.1 Å². The van der Waals surface area contributed by atoms with E-state index < -0.39 is 0 Å². The van der Waals surface area contributed by atoms with Crippen molar-refractivity contribution in [2.24, 2.45) is 0 Å². The highest BCUT2D eigenvalue weighted by atomic mass is 16.2. The van der Waals surface area contributed by atoms with Gasteiger partial charge in [0.15, 0.2) is 0 Å². The molecule has 0 aliphatic rings. The lowest BCUT2D eigenvalue weighted by atomic mass is 9.99. The van der Waals surface area contributed by atoms with Gasteiger partial charge in [0.25, 0.3) is 0 Å². The fourth-order valence-corrected chi connectivity index (χ4v) is 4.03. The highest BCUT2D eigenvalue weighted by molar-refractivity contribution is 5.97. The maximum absolute atomic E-state index is 13.5. The predicted molar refractivity (Wildman–Crippen MR) is 122 cm³/mol. The van der Waals surface area contributed by atoms with E-state index in [0.717, 1.165) is 33.3 Å². The summed E-state index contributed by atoms with van der Waals surface area (Å²) < 4.78 is 0. The average Bonchev–Trinajstić information content (AvgIpc) is 3.12. The summed E-state index contributed by atoms with van der Waals surface area (Å²) in [5.41, 5.74) is 6.54. The first-order chi connectivity index (χ1) is 14.5. The third kappa shape index (κ3) is 3.99. The molecule has 0 saturated heterocycles. The first-order valence-electron chi connectivity index (χ1n) is 10.4. The number of H-pyrrole nitrogens is 1. The van der Waals surface area contributed by atoms with Crippen LogP contribution in [0.4, 0.5) is 0 Å². The zero-order valence-corrected chi connectivity index (χ0v) is 17.7. The molecule has 4 heteroatoms. The van der Waals surface area contributed by atoms with Gasteiger partial charge in [-0.2, -0.15) is 0 Å². The van der Waals surface area contributed by atoms with Crippen molar-refractivity contribution in [1.82, 2.24) is 14.9 Å². The number of fused-ring (bicyclic) bond motifs is 1. The molecule has 0 aliphatic carbocycles. The van der Waals surface area contributed by atoms with Crippen LogP contribution in [0.25, 0.3) is 22.2 Å². The van der Waals surface area contributed by atoms with E-state index >= 15 is 0 Å². The second kappa shape index (κ2) is 8.54. The van der Waals surface area contributed by atoms with E-state index in [1.54, 1.807) is 12.4 Å². The molecule has 152 valence electrons. The van der Waals surface area contributed by atoms with Crippen LogP contribution in [0.15, 0.2) is 73.1 Å². The van der Waals surface area contributed by atoms with Crippen molar-refractivity contribution in [1.29, 1.82) is 0 Å². The van der Waals surface area contributed by atoms with Crippen molar-refractivity contribution in [3.05, 3.63) is 89.7 Å². The van der Waals surface area contributed by atoms with Crippen molar-refractivity contribution < 1.29 is 4.79 Å². The van der Waals surface area contributed by atoms with Crippen molar-refractivity contribution >= 4 is 16.8 Å². The molecule has 0 radical (unpaired) electrons. The summed E-state index contributed by atoms with van der Waals surface area (Å²) >= 11 is 0. The Kier molecular flexibility index (Phi) is 5.66. The number of hydrogen-bond donors (Lipinski definition) is 1. The highest BCUT2D eigenvalue weighted by Crippen LogP contribution is 2.33. The van der Waals surface area contributed by atoms with Crippen LogP contribution in [-0.4, -0.2) is 26.8 Å². The summed E-state index contributed by atoms with van der Waals surface area (Å²) in [5.74, 6) is 0.128. The standard InChI is InChI=1S/C26H27N3O/c1-18(2)29(17-20-12-14-27-15-13-20)24(30)16-22-25-19(3)8-7-11-23(25)28-26(22)21-9-5-4-6-10-21/h4-15,18,28H,16-17H2,1-3H3. The molecule has 0 bridgehead atoms. The van der Waals surface area contributed by atoms with Gasteiger partial charge in [0, 0.05) is 35.9 Å². The quantitative estimate of drug-likeness (QED) is 0.466. The van der Waals surface area contributed by atoms with E-state index in [1.165, 1.54) is 5.56 Å². The van der Waals surface area contributed by atoms with Crippen LogP contribution in [0.1, 0.15) is 30.5 Å². The highest BCUT2D eigenvalue weighted by Gasteiger charge is 2.22. The Hall–Kier alpha value is -3.40. The molecular weight excluding hydrogens is 370 g/mol. The number of amides is 1. The normalized spacial score (nSPS) is 11.2. The first-order valence-corrected chi connectivity index (χ1v) is 10.4. The Bertz CT molecular complexity index is 1150. The number of carbonyl (C=O) groups excluding carboxylic acids is 1. The first kappa shape index (κ1) is 19.9. The lowest BCUT2D eigenvalue weighted by Gasteiger charge is -2.27. The number of benzene rings is 2. The lowest BCUT2D eigenvalue weighted by molar-refractivity contribution is -0.132. The van der Waals surface area contributed by atoms with Gasteiger partial charge in [-0.05, 0) is 61.2 Å². The van der Waals surface area contributed by atoms with Gasteiger partial charge in [0.2, 0.25) is 5.91 Å². The topological polar surface area (TPSA) is 49.0 Å². The molecule has 0 atom stereocenters. The van der Waals surface area contributed by atoms with Crippen molar-refractivity contribution in [3.63, 3.8) is 0 Å². The number of rotatable bonds is 6. The molecule has 0 aliphatic heterocycles. The van der Waals surface area contributed by atoms with Crippen LogP contribution >= 0.6 is 0 Å². The molecule has 4 rings (SSSR count). The minimum Gasteiger partial charge on any atom is -0.354 e. The second-order valence-corrected chi connectivity index (χ2v) is 7.99. The third-order valence-electron chi connectivity index (χ3n) is 5.57. The molecule has 30 heavy (non-hydrogen) atoms. The van der Waals surface area contributed by atoms with E-state index in [1.807, 2.05) is 35.2 Å². The minimum absolute atomic E-state index is 0.108. The molecular formula is C26H27N3O. The van der Waals surface area contributed by atoms with Gasteiger partial charge in [0.1, 0.15) is 0 Å². The number of carbonyl (C=O) groups is 1. The van der Waals surface area contributed by atoms with E-state index in [-0.39, 0.29) is 11.9 Å². The molecule has 2 aromatic heterocycles. The number of nitrogens with zero attached hydrogens (tertiary/aromatic N) is 2.